The summed E-state index contributed by atoms with van der Waals surface area (Å²) in [5.41, 5.74) is 0.283. The first kappa shape index (κ1) is 12.0. The van der Waals surface area contributed by atoms with E-state index in [4.69, 9.17) is 0 Å². The Kier molecular flexibility index (Phi) is 4.90. The van der Waals surface area contributed by atoms with Crippen molar-refractivity contribution >= 4 is 0 Å². The van der Waals surface area contributed by atoms with Crippen LogP contribution < -0.4 is 10.6 Å². The van der Waals surface area contributed by atoms with E-state index in [9.17, 15) is 0 Å². The minimum atomic E-state index is 0.283. The predicted octanol–water partition coefficient (Wildman–Crippen LogP) is 2.15. The molecule has 2 heteroatoms. The third kappa shape index (κ3) is 5.61. The summed E-state index contributed by atoms with van der Waals surface area (Å²) in [7, 11) is 0. The van der Waals surface area contributed by atoms with Crippen LogP contribution in [0.3, 0.4) is 0 Å². The molecule has 14 heavy (non-hydrogen) atoms. The highest BCUT2D eigenvalue weighted by Crippen LogP contribution is 2.15. The fourth-order valence-corrected chi connectivity index (χ4v) is 2.02. The van der Waals surface area contributed by atoms with Crippen LogP contribution in [0.4, 0.5) is 0 Å². The van der Waals surface area contributed by atoms with Crippen LogP contribution in [0.2, 0.25) is 0 Å². The van der Waals surface area contributed by atoms with Crippen LogP contribution in [0.5, 0.6) is 0 Å². The van der Waals surface area contributed by atoms with Crippen LogP contribution in [0.15, 0.2) is 0 Å². The zero-order valence-electron chi connectivity index (χ0n) is 10.0. The third-order valence-corrected chi connectivity index (χ3v) is 2.84. The minimum Gasteiger partial charge on any atom is -0.316 e. The summed E-state index contributed by atoms with van der Waals surface area (Å²) in [6.07, 6.45) is 5.51. The highest BCUT2D eigenvalue weighted by atomic mass is 14.9. The van der Waals surface area contributed by atoms with Gasteiger partial charge in [0, 0.05) is 5.54 Å². The van der Waals surface area contributed by atoms with Gasteiger partial charge in [-0.1, -0.05) is 0 Å². The lowest BCUT2D eigenvalue weighted by Gasteiger charge is -2.24. The number of hydrogen-bond acceptors (Lipinski definition) is 2. The molecule has 84 valence electrons. The lowest BCUT2D eigenvalue weighted by molar-refractivity contribution is 0.337. The Bertz CT molecular complexity index is 143. The van der Waals surface area contributed by atoms with Gasteiger partial charge >= 0.3 is 0 Å². The van der Waals surface area contributed by atoms with E-state index < -0.39 is 0 Å². The maximum absolute atomic E-state index is 3.54. The van der Waals surface area contributed by atoms with Gasteiger partial charge < -0.3 is 10.6 Å². The quantitative estimate of drug-likeness (QED) is 0.676. The van der Waals surface area contributed by atoms with Gasteiger partial charge in [-0.2, -0.15) is 0 Å². The molecule has 0 aromatic heterocycles. The van der Waals surface area contributed by atoms with Crippen molar-refractivity contribution < 1.29 is 0 Å². The summed E-state index contributed by atoms with van der Waals surface area (Å²) >= 11 is 0. The van der Waals surface area contributed by atoms with Crippen molar-refractivity contribution in [3.05, 3.63) is 0 Å². The lowest BCUT2D eigenvalue weighted by Crippen LogP contribution is -2.37. The van der Waals surface area contributed by atoms with Gasteiger partial charge in [0.1, 0.15) is 0 Å². The predicted molar refractivity (Wildman–Crippen MR) is 62.6 cm³/mol. The van der Waals surface area contributed by atoms with Gasteiger partial charge in [0.25, 0.3) is 0 Å². The van der Waals surface area contributed by atoms with E-state index in [0.717, 1.165) is 5.92 Å². The van der Waals surface area contributed by atoms with Crippen molar-refractivity contribution in [1.82, 2.24) is 10.6 Å². The van der Waals surface area contributed by atoms with E-state index in [1.165, 1.54) is 45.3 Å². The summed E-state index contributed by atoms with van der Waals surface area (Å²) < 4.78 is 0. The number of hydrogen-bond donors (Lipinski definition) is 2. The Hall–Kier alpha value is -0.0800. The van der Waals surface area contributed by atoms with Crippen molar-refractivity contribution in [3.8, 4) is 0 Å². The van der Waals surface area contributed by atoms with Gasteiger partial charge in [-0.15, -0.1) is 0 Å². The molecule has 0 saturated carbocycles. The Morgan fingerprint density at radius 1 is 1.36 bits per heavy atom. The van der Waals surface area contributed by atoms with Crippen LogP contribution in [-0.4, -0.2) is 25.2 Å². The van der Waals surface area contributed by atoms with Crippen LogP contribution in [0.25, 0.3) is 0 Å². The van der Waals surface area contributed by atoms with Crippen LogP contribution >= 0.6 is 0 Å². The minimum absolute atomic E-state index is 0.283. The summed E-state index contributed by atoms with van der Waals surface area (Å²) in [4.78, 5) is 0. The second kappa shape index (κ2) is 5.72. The molecule has 0 aromatic rings. The summed E-state index contributed by atoms with van der Waals surface area (Å²) in [6.45, 7) is 10.3. The average Bonchev–Trinajstić information content (AvgIpc) is 2.13. The molecule has 0 bridgehead atoms. The number of nitrogens with one attached hydrogen (secondary N) is 2. The van der Waals surface area contributed by atoms with Crippen molar-refractivity contribution in [2.45, 2.75) is 52.0 Å². The molecule has 1 atom stereocenters. The summed E-state index contributed by atoms with van der Waals surface area (Å²) in [5.74, 6) is 0.936. The zero-order valence-corrected chi connectivity index (χ0v) is 10.0. The highest BCUT2D eigenvalue weighted by Gasteiger charge is 2.13. The van der Waals surface area contributed by atoms with E-state index in [-0.39, 0.29) is 5.54 Å². The molecule has 1 aliphatic rings. The van der Waals surface area contributed by atoms with E-state index in [2.05, 4.69) is 31.4 Å². The van der Waals surface area contributed by atoms with E-state index >= 15 is 0 Å². The molecular weight excluding hydrogens is 172 g/mol. The molecule has 0 aromatic carbocycles. The van der Waals surface area contributed by atoms with Gasteiger partial charge in [0.15, 0.2) is 0 Å². The molecule has 0 spiro atoms. The van der Waals surface area contributed by atoms with Crippen molar-refractivity contribution in [1.29, 1.82) is 0 Å². The molecule has 1 aliphatic heterocycles. The van der Waals surface area contributed by atoms with Gasteiger partial charge in [0.2, 0.25) is 0 Å². The maximum Gasteiger partial charge on any atom is 0.00965 e. The molecule has 1 saturated heterocycles. The largest absolute Gasteiger partial charge is 0.316 e. The van der Waals surface area contributed by atoms with E-state index in [0.29, 0.717) is 0 Å². The van der Waals surface area contributed by atoms with Crippen LogP contribution in [-0.2, 0) is 0 Å². The molecule has 0 amide bonds. The Balaban J connectivity index is 1.97. The average molecular weight is 198 g/mol. The fourth-order valence-electron chi connectivity index (χ4n) is 2.02. The molecule has 0 aliphatic carbocycles. The fraction of sp³-hybridized carbons (Fsp3) is 1.00. The van der Waals surface area contributed by atoms with Gasteiger partial charge in [-0.3, -0.25) is 0 Å². The molecule has 2 nitrogen and oxygen atoms in total. The molecule has 2 N–H and O–H groups in total. The zero-order chi connectivity index (χ0) is 10.4. The summed E-state index contributed by atoms with van der Waals surface area (Å²) in [6, 6.07) is 0. The Labute approximate surface area is 88.8 Å². The van der Waals surface area contributed by atoms with Gasteiger partial charge in [-0.05, 0) is 72.0 Å². The van der Waals surface area contributed by atoms with Crippen LogP contribution in [0, 0.1) is 5.92 Å². The van der Waals surface area contributed by atoms with Crippen molar-refractivity contribution in [2.24, 2.45) is 5.92 Å². The van der Waals surface area contributed by atoms with E-state index in [1.807, 2.05) is 0 Å². The first-order chi connectivity index (χ1) is 6.58. The third-order valence-electron chi connectivity index (χ3n) is 2.84. The van der Waals surface area contributed by atoms with Crippen LogP contribution in [0.1, 0.15) is 46.5 Å². The second-order valence-corrected chi connectivity index (χ2v) is 5.53. The lowest BCUT2D eigenvalue weighted by atomic mass is 9.94. The monoisotopic (exact) mass is 198 g/mol. The molecular formula is C12H26N2. The normalized spacial score (nSPS) is 23.8. The smallest absolute Gasteiger partial charge is 0.00965 e. The first-order valence-electron chi connectivity index (χ1n) is 6.04. The number of rotatable bonds is 4. The molecule has 1 unspecified atom stereocenters. The maximum atomic E-state index is 3.54. The van der Waals surface area contributed by atoms with Gasteiger partial charge in [-0.25, -0.2) is 0 Å². The Morgan fingerprint density at radius 3 is 2.71 bits per heavy atom. The van der Waals surface area contributed by atoms with E-state index in [1.54, 1.807) is 0 Å². The Morgan fingerprint density at radius 2 is 2.14 bits per heavy atom. The molecule has 1 heterocycles. The molecule has 1 fully saturated rings. The standard InChI is InChI=1S/C12H26N2/c1-12(2,3)14-9-5-7-11-6-4-8-13-10-11/h11,13-14H,4-10H2,1-3H3. The van der Waals surface area contributed by atoms with Gasteiger partial charge in [0.05, 0.1) is 0 Å². The number of piperidine rings is 1. The SMILES string of the molecule is CC(C)(C)NCCCC1CCCNC1. The summed E-state index contributed by atoms with van der Waals surface area (Å²) in [5, 5.41) is 7.01. The topological polar surface area (TPSA) is 24.1 Å². The van der Waals surface area contributed by atoms with Crippen molar-refractivity contribution in [3.63, 3.8) is 0 Å². The first-order valence-corrected chi connectivity index (χ1v) is 6.04. The highest BCUT2D eigenvalue weighted by molar-refractivity contribution is 4.72. The molecule has 0 radical (unpaired) electrons. The van der Waals surface area contributed by atoms with Crippen molar-refractivity contribution in [2.75, 3.05) is 19.6 Å². The molecule has 1 rings (SSSR count). The second-order valence-electron chi connectivity index (χ2n) is 5.53.